The van der Waals surface area contributed by atoms with Crippen molar-refractivity contribution in [2.75, 3.05) is 0 Å². The Morgan fingerprint density at radius 1 is 1.07 bits per heavy atom. The number of pyridine rings is 1. The molecule has 0 amide bonds. The van der Waals surface area contributed by atoms with Gasteiger partial charge in [-0.2, -0.15) is 0 Å². The van der Waals surface area contributed by atoms with Crippen LogP contribution < -0.4 is 4.74 Å². The zero-order chi connectivity index (χ0) is 19.0. The predicted octanol–water partition coefficient (Wildman–Crippen LogP) is 4.68. The Labute approximate surface area is 154 Å². The van der Waals surface area contributed by atoms with Crippen LogP contribution in [0.3, 0.4) is 0 Å². The highest BCUT2D eigenvalue weighted by molar-refractivity contribution is 5.80. The van der Waals surface area contributed by atoms with E-state index in [0.29, 0.717) is 28.8 Å². The fourth-order valence-electron chi connectivity index (χ4n) is 2.67. The summed E-state index contributed by atoms with van der Waals surface area (Å²) in [6.07, 6.45) is 1.11. The van der Waals surface area contributed by atoms with Crippen molar-refractivity contribution in [3.05, 3.63) is 53.9 Å². The molecule has 0 fully saturated rings. The third-order valence-electron chi connectivity index (χ3n) is 4.07. The molecule has 27 heavy (non-hydrogen) atoms. The molecule has 0 N–H and O–H groups in total. The molecule has 0 aliphatic heterocycles. The number of halogens is 1. The molecule has 138 valence electrons. The molecular weight excluding hydrogens is 351 g/mol. The molecule has 8 heteroatoms. The van der Waals surface area contributed by atoms with E-state index in [4.69, 9.17) is 13.7 Å². The van der Waals surface area contributed by atoms with Gasteiger partial charge >= 0.3 is 0 Å². The van der Waals surface area contributed by atoms with Crippen molar-refractivity contribution in [1.82, 2.24) is 20.3 Å². The lowest BCUT2D eigenvalue weighted by Crippen LogP contribution is -2.03. The summed E-state index contributed by atoms with van der Waals surface area (Å²) in [7, 11) is 0. The number of rotatable bonds is 5. The van der Waals surface area contributed by atoms with Crippen LogP contribution in [-0.4, -0.2) is 20.3 Å². The fourth-order valence-corrected chi connectivity index (χ4v) is 2.67. The number of nitrogens with zero attached hydrogens (tertiary/aromatic N) is 4. The van der Waals surface area contributed by atoms with Crippen LogP contribution in [0.4, 0.5) is 4.39 Å². The predicted molar refractivity (Wildman–Crippen MR) is 94.6 cm³/mol. The Morgan fingerprint density at radius 2 is 1.85 bits per heavy atom. The monoisotopic (exact) mass is 368 g/mol. The minimum Gasteiger partial charge on any atom is -0.481 e. The molecule has 0 unspecified atom stereocenters. The molecule has 0 saturated carbocycles. The van der Waals surface area contributed by atoms with E-state index >= 15 is 0 Å². The Bertz CT molecular complexity index is 1070. The van der Waals surface area contributed by atoms with Crippen molar-refractivity contribution >= 4 is 11.1 Å². The first kappa shape index (κ1) is 17.1. The maximum absolute atomic E-state index is 13.0. The standard InChI is InChI=1S/C19H17FN4O3/c1-10(2)16-15-8-12(9-21-19(15)27-24-16)18-23-22-17(26-18)11(3)25-14-6-4-13(20)5-7-14/h4-11H,1-3H3/t11-/m1/s1. The Morgan fingerprint density at radius 3 is 2.59 bits per heavy atom. The summed E-state index contributed by atoms with van der Waals surface area (Å²) >= 11 is 0. The van der Waals surface area contributed by atoms with Crippen molar-refractivity contribution in [2.24, 2.45) is 0 Å². The van der Waals surface area contributed by atoms with Gasteiger partial charge in [-0.25, -0.2) is 9.37 Å². The van der Waals surface area contributed by atoms with Gasteiger partial charge in [-0.1, -0.05) is 19.0 Å². The number of ether oxygens (including phenoxy) is 1. The molecule has 4 rings (SSSR count). The first-order valence-electron chi connectivity index (χ1n) is 8.52. The summed E-state index contributed by atoms with van der Waals surface area (Å²) in [5.41, 5.74) is 1.96. The van der Waals surface area contributed by atoms with Crippen LogP contribution in [0, 0.1) is 5.82 Å². The number of hydrogen-bond donors (Lipinski definition) is 0. The molecule has 0 saturated heterocycles. The van der Waals surface area contributed by atoms with Crippen molar-refractivity contribution in [3.8, 4) is 17.2 Å². The number of fused-ring (bicyclic) bond motifs is 1. The lowest BCUT2D eigenvalue weighted by Gasteiger charge is -2.10. The average molecular weight is 368 g/mol. The highest BCUT2D eigenvalue weighted by Gasteiger charge is 2.19. The van der Waals surface area contributed by atoms with E-state index in [0.717, 1.165) is 11.1 Å². The SMILES string of the molecule is CC(C)c1noc2ncc(-c3nnc([C@@H](C)Oc4ccc(F)cc4)o3)cc12. The van der Waals surface area contributed by atoms with Crippen LogP contribution in [0.2, 0.25) is 0 Å². The summed E-state index contributed by atoms with van der Waals surface area (Å²) in [4.78, 5) is 4.27. The van der Waals surface area contributed by atoms with Crippen molar-refractivity contribution in [2.45, 2.75) is 32.8 Å². The molecule has 0 bridgehead atoms. The molecule has 1 aromatic carbocycles. The smallest absolute Gasteiger partial charge is 0.257 e. The third kappa shape index (κ3) is 3.38. The van der Waals surface area contributed by atoms with Gasteiger partial charge in [-0.15, -0.1) is 10.2 Å². The quantitative estimate of drug-likeness (QED) is 0.505. The topological polar surface area (TPSA) is 87.1 Å². The molecule has 1 atom stereocenters. The van der Waals surface area contributed by atoms with Crippen LogP contribution >= 0.6 is 0 Å². The Kier molecular flexibility index (Phi) is 4.31. The van der Waals surface area contributed by atoms with E-state index < -0.39 is 6.10 Å². The number of hydrogen-bond acceptors (Lipinski definition) is 7. The van der Waals surface area contributed by atoms with E-state index in [1.807, 2.05) is 19.9 Å². The van der Waals surface area contributed by atoms with Gasteiger partial charge in [0.05, 0.1) is 16.6 Å². The van der Waals surface area contributed by atoms with Gasteiger partial charge in [-0.05, 0) is 43.2 Å². The highest BCUT2D eigenvalue weighted by Crippen LogP contribution is 2.29. The molecule has 4 aromatic rings. The van der Waals surface area contributed by atoms with Gasteiger partial charge in [0.1, 0.15) is 11.6 Å². The zero-order valence-corrected chi connectivity index (χ0v) is 15.0. The highest BCUT2D eigenvalue weighted by atomic mass is 19.1. The maximum atomic E-state index is 13.0. The van der Waals surface area contributed by atoms with Crippen LogP contribution in [0.1, 0.15) is 44.4 Å². The Hall–Kier alpha value is -3.29. The van der Waals surface area contributed by atoms with Gasteiger partial charge in [-0.3, -0.25) is 0 Å². The summed E-state index contributed by atoms with van der Waals surface area (Å²) in [5.74, 6) is 1.02. The fraction of sp³-hybridized carbons (Fsp3) is 0.263. The number of benzene rings is 1. The third-order valence-corrected chi connectivity index (χ3v) is 4.07. The maximum Gasteiger partial charge on any atom is 0.257 e. The minimum atomic E-state index is -0.491. The molecule has 3 aromatic heterocycles. The first-order valence-corrected chi connectivity index (χ1v) is 8.52. The van der Waals surface area contributed by atoms with Gasteiger partial charge < -0.3 is 13.7 Å². The number of aromatic nitrogens is 4. The van der Waals surface area contributed by atoms with E-state index in [1.165, 1.54) is 12.1 Å². The molecule has 0 aliphatic rings. The molecular formula is C19H17FN4O3. The second kappa shape index (κ2) is 6.79. The van der Waals surface area contributed by atoms with Crippen molar-refractivity contribution in [1.29, 1.82) is 0 Å². The van der Waals surface area contributed by atoms with Crippen molar-refractivity contribution in [3.63, 3.8) is 0 Å². The van der Waals surface area contributed by atoms with Crippen LogP contribution in [0.5, 0.6) is 5.75 Å². The van der Waals surface area contributed by atoms with Gasteiger partial charge in [0, 0.05) is 6.20 Å². The van der Waals surface area contributed by atoms with Crippen molar-refractivity contribution < 1.29 is 18.1 Å². The van der Waals surface area contributed by atoms with E-state index in [2.05, 4.69) is 20.3 Å². The van der Waals surface area contributed by atoms with E-state index in [9.17, 15) is 4.39 Å². The van der Waals surface area contributed by atoms with Crippen LogP contribution in [-0.2, 0) is 0 Å². The molecule has 0 spiro atoms. The summed E-state index contributed by atoms with van der Waals surface area (Å²) < 4.78 is 29.7. The minimum absolute atomic E-state index is 0.200. The Balaban J connectivity index is 1.59. The molecule has 0 radical (unpaired) electrons. The lowest BCUT2D eigenvalue weighted by atomic mass is 10.1. The van der Waals surface area contributed by atoms with E-state index in [1.54, 1.807) is 25.3 Å². The zero-order valence-electron chi connectivity index (χ0n) is 15.0. The second-order valence-electron chi connectivity index (χ2n) is 6.46. The molecule has 0 aliphatic carbocycles. The van der Waals surface area contributed by atoms with Gasteiger partial charge in [0.25, 0.3) is 11.6 Å². The average Bonchev–Trinajstić information content (AvgIpc) is 3.30. The summed E-state index contributed by atoms with van der Waals surface area (Å²) in [5, 5.41) is 13.0. The van der Waals surface area contributed by atoms with E-state index in [-0.39, 0.29) is 11.7 Å². The summed E-state index contributed by atoms with van der Waals surface area (Å²) in [6.45, 7) is 5.84. The second-order valence-corrected chi connectivity index (χ2v) is 6.46. The lowest BCUT2D eigenvalue weighted by molar-refractivity contribution is 0.189. The summed E-state index contributed by atoms with van der Waals surface area (Å²) in [6, 6.07) is 7.61. The largest absolute Gasteiger partial charge is 0.481 e. The molecule has 7 nitrogen and oxygen atoms in total. The van der Waals surface area contributed by atoms with Crippen LogP contribution in [0.15, 0.2) is 45.5 Å². The van der Waals surface area contributed by atoms with Crippen LogP contribution in [0.25, 0.3) is 22.6 Å². The first-order chi connectivity index (χ1) is 13.0. The normalized spacial score (nSPS) is 12.6. The molecule has 3 heterocycles. The van der Waals surface area contributed by atoms with Gasteiger partial charge in [0.2, 0.25) is 5.89 Å². The van der Waals surface area contributed by atoms with Gasteiger partial charge in [0.15, 0.2) is 6.10 Å².